The van der Waals surface area contributed by atoms with Gasteiger partial charge in [-0.3, -0.25) is 0 Å². The summed E-state index contributed by atoms with van der Waals surface area (Å²) in [5.41, 5.74) is 4.34. The zero-order chi connectivity index (χ0) is 13.1. The van der Waals surface area contributed by atoms with Crippen molar-refractivity contribution in [2.24, 2.45) is 0 Å². The van der Waals surface area contributed by atoms with Gasteiger partial charge in [0.15, 0.2) is 0 Å². The topological polar surface area (TPSA) is 49.8 Å². The van der Waals surface area contributed by atoms with E-state index in [0.717, 1.165) is 18.2 Å². The summed E-state index contributed by atoms with van der Waals surface area (Å²) in [5.74, 6) is 1.67. The van der Waals surface area contributed by atoms with Crippen molar-refractivity contribution in [2.75, 3.05) is 17.7 Å². The molecule has 1 aliphatic carbocycles. The predicted molar refractivity (Wildman–Crippen MR) is 77.4 cm³/mol. The van der Waals surface area contributed by atoms with E-state index in [1.807, 2.05) is 13.1 Å². The molecular weight excluding hydrogens is 236 g/mol. The standard InChI is InChI=1S/C15H18N4/c1-16-14-8-15(19-10-18-14)17-9-11-5-6-12-3-2-4-13(12)7-11/h5-8,10H,2-4,9H2,1H3,(H2,16,17,18,19). The molecule has 2 aromatic rings. The van der Waals surface area contributed by atoms with E-state index >= 15 is 0 Å². The average molecular weight is 254 g/mol. The van der Waals surface area contributed by atoms with Crippen LogP contribution >= 0.6 is 0 Å². The van der Waals surface area contributed by atoms with Crippen molar-refractivity contribution < 1.29 is 0 Å². The Hall–Kier alpha value is -2.10. The van der Waals surface area contributed by atoms with Gasteiger partial charge in [-0.2, -0.15) is 0 Å². The molecule has 1 heterocycles. The summed E-state index contributed by atoms with van der Waals surface area (Å²) in [7, 11) is 1.85. The molecule has 4 heteroatoms. The molecule has 0 fully saturated rings. The van der Waals surface area contributed by atoms with Crippen molar-refractivity contribution in [1.29, 1.82) is 0 Å². The fourth-order valence-electron chi connectivity index (χ4n) is 2.52. The van der Waals surface area contributed by atoms with E-state index < -0.39 is 0 Å². The van der Waals surface area contributed by atoms with E-state index in [0.29, 0.717) is 0 Å². The Balaban J connectivity index is 1.68. The predicted octanol–water partition coefficient (Wildman–Crippen LogP) is 2.62. The molecule has 3 rings (SSSR count). The molecular formula is C15H18N4. The van der Waals surface area contributed by atoms with Gasteiger partial charge in [0.1, 0.15) is 18.0 Å². The molecule has 0 saturated heterocycles. The summed E-state index contributed by atoms with van der Waals surface area (Å²) in [4.78, 5) is 8.31. The van der Waals surface area contributed by atoms with Crippen molar-refractivity contribution in [1.82, 2.24) is 9.97 Å². The molecule has 1 aromatic carbocycles. The third kappa shape index (κ3) is 2.67. The Kier molecular flexibility index (Phi) is 3.31. The Morgan fingerprint density at radius 3 is 2.79 bits per heavy atom. The van der Waals surface area contributed by atoms with E-state index in [-0.39, 0.29) is 0 Å². The smallest absolute Gasteiger partial charge is 0.131 e. The van der Waals surface area contributed by atoms with Gasteiger partial charge >= 0.3 is 0 Å². The second-order valence-corrected chi connectivity index (χ2v) is 4.85. The van der Waals surface area contributed by atoms with Crippen LogP contribution in [-0.2, 0) is 19.4 Å². The minimum absolute atomic E-state index is 0.799. The lowest BCUT2D eigenvalue weighted by molar-refractivity contribution is 0.911. The number of nitrogens with one attached hydrogen (secondary N) is 2. The number of benzene rings is 1. The number of hydrogen-bond donors (Lipinski definition) is 2. The Labute approximate surface area is 113 Å². The first kappa shape index (κ1) is 12.0. The summed E-state index contributed by atoms with van der Waals surface area (Å²) < 4.78 is 0. The second kappa shape index (κ2) is 5.26. The zero-order valence-electron chi connectivity index (χ0n) is 11.1. The molecule has 98 valence electrons. The largest absolute Gasteiger partial charge is 0.373 e. The van der Waals surface area contributed by atoms with Gasteiger partial charge in [-0.1, -0.05) is 18.2 Å². The first-order valence-electron chi connectivity index (χ1n) is 6.69. The molecule has 2 N–H and O–H groups in total. The summed E-state index contributed by atoms with van der Waals surface area (Å²) in [6, 6.07) is 8.69. The average Bonchev–Trinajstić information content (AvgIpc) is 2.93. The van der Waals surface area contributed by atoms with Crippen molar-refractivity contribution in [3.05, 3.63) is 47.3 Å². The third-order valence-corrected chi connectivity index (χ3v) is 3.56. The van der Waals surface area contributed by atoms with Crippen molar-refractivity contribution in [2.45, 2.75) is 25.8 Å². The SMILES string of the molecule is CNc1cc(NCc2ccc3c(c2)CCC3)ncn1. The van der Waals surface area contributed by atoms with E-state index in [4.69, 9.17) is 0 Å². The van der Waals surface area contributed by atoms with Crippen molar-refractivity contribution in [3.8, 4) is 0 Å². The molecule has 1 aromatic heterocycles. The lowest BCUT2D eigenvalue weighted by Crippen LogP contribution is -2.03. The number of hydrogen-bond acceptors (Lipinski definition) is 4. The number of rotatable bonds is 4. The molecule has 0 radical (unpaired) electrons. The van der Waals surface area contributed by atoms with E-state index in [1.54, 1.807) is 6.33 Å². The zero-order valence-corrected chi connectivity index (χ0v) is 11.1. The third-order valence-electron chi connectivity index (χ3n) is 3.56. The van der Waals surface area contributed by atoms with E-state index in [9.17, 15) is 0 Å². The monoisotopic (exact) mass is 254 g/mol. The number of nitrogens with zero attached hydrogens (tertiary/aromatic N) is 2. The van der Waals surface area contributed by atoms with Crippen LogP contribution in [0.1, 0.15) is 23.1 Å². The number of aromatic nitrogens is 2. The summed E-state index contributed by atoms with van der Waals surface area (Å²) in [6.45, 7) is 0.799. The maximum Gasteiger partial charge on any atom is 0.131 e. The van der Waals surface area contributed by atoms with Crippen molar-refractivity contribution in [3.63, 3.8) is 0 Å². The minimum Gasteiger partial charge on any atom is -0.373 e. The first-order chi connectivity index (χ1) is 9.35. The van der Waals surface area contributed by atoms with Crippen LogP contribution in [0.2, 0.25) is 0 Å². The van der Waals surface area contributed by atoms with Gasteiger partial charge in [0, 0.05) is 19.7 Å². The Morgan fingerprint density at radius 1 is 1.05 bits per heavy atom. The van der Waals surface area contributed by atoms with Gasteiger partial charge in [0.05, 0.1) is 0 Å². The molecule has 0 saturated carbocycles. The number of anilines is 2. The van der Waals surface area contributed by atoms with E-state index in [1.165, 1.54) is 36.0 Å². The highest BCUT2D eigenvalue weighted by atomic mass is 15.0. The van der Waals surface area contributed by atoms with Crippen LogP contribution < -0.4 is 10.6 Å². The van der Waals surface area contributed by atoms with Crippen LogP contribution in [-0.4, -0.2) is 17.0 Å². The van der Waals surface area contributed by atoms with Crippen LogP contribution in [0.25, 0.3) is 0 Å². The van der Waals surface area contributed by atoms with Gasteiger partial charge in [-0.25, -0.2) is 9.97 Å². The molecule has 0 amide bonds. The molecule has 19 heavy (non-hydrogen) atoms. The lowest BCUT2D eigenvalue weighted by atomic mass is 10.1. The highest BCUT2D eigenvalue weighted by Gasteiger charge is 2.10. The quantitative estimate of drug-likeness (QED) is 0.880. The molecule has 0 spiro atoms. The maximum absolute atomic E-state index is 4.21. The van der Waals surface area contributed by atoms with Gasteiger partial charge in [-0.15, -0.1) is 0 Å². The second-order valence-electron chi connectivity index (χ2n) is 4.85. The molecule has 0 atom stereocenters. The first-order valence-corrected chi connectivity index (χ1v) is 6.69. The van der Waals surface area contributed by atoms with Crippen molar-refractivity contribution >= 4 is 11.6 Å². The van der Waals surface area contributed by atoms with Gasteiger partial charge in [0.2, 0.25) is 0 Å². The van der Waals surface area contributed by atoms with Crippen LogP contribution in [0.4, 0.5) is 11.6 Å². The Bertz CT molecular complexity index is 580. The molecule has 1 aliphatic rings. The maximum atomic E-state index is 4.21. The molecule has 0 unspecified atom stereocenters. The molecule has 0 aliphatic heterocycles. The summed E-state index contributed by atoms with van der Waals surface area (Å²) in [6.07, 6.45) is 5.32. The van der Waals surface area contributed by atoms with Gasteiger partial charge in [0.25, 0.3) is 0 Å². The molecule has 0 bridgehead atoms. The summed E-state index contributed by atoms with van der Waals surface area (Å²) in [5, 5.41) is 6.34. The van der Waals surface area contributed by atoms with E-state index in [2.05, 4.69) is 38.8 Å². The highest BCUT2D eigenvalue weighted by molar-refractivity contribution is 5.46. The normalized spacial score (nSPS) is 13.1. The van der Waals surface area contributed by atoms with Crippen LogP contribution in [0.3, 0.4) is 0 Å². The van der Waals surface area contributed by atoms with Crippen LogP contribution in [0.15, 0.2) is 30.6 Å². The number of fused-ring (bicyclic) bond motifs is 1. The number of aryl methyl sites for hydroxylation is 2. The lowest BCUT2D eigenvalue weighted by Gasteiger charge is -2.08. The fourth-order valence-corrected chi connectivity index (χ4v) is 2.52. The van der Waals surface area contributed by atoms with Gasteiger partial charge < -0.3 is 10.6 Å². The van der Waals surface area contributed by atoms with Crippen LogP contribution in [0.5, 0.6) is 0 Å². The highest BCUT2D eigenvalue weighted by Crippen LogP contribution is 2.23. The molecule has 4 nitrogen and oxygen atoms in total. The summed E-state index contributed by atoms with van der Waals surface area (Å²) >= 11 is 0. The minimum atomic E-state index is 0.799. The van der Waals surface area contributed by atoms with Crippen LogP contribution in [0, 0.1) is 0 Å². The Morgan fingerprint density at radius 2 is 1.89 bits per heavy atom. The fraction of sp³-hybridized carbons (Fsp3) is 0.333. The van der Waals surface area contributed by atoms with Gasteiger partial charge in [-0.05, 0) is 36.0 Å².